The van der Waals surface area contributed by atoms with Gasteiger partial charge >= 0.3 is 0 Å². The van der Waals surface area contributed by atoms with Crippen LogP contribution in [0.5, 0.6) is 5.75 Å². The second-order valence-corrected chi connectivity index (χ2v) is 6.36. The van der Waals surface area contributed by atoms with Crippen LogP contribution in [0.1, 0.15) is 26.3 Å². The highest BCUT2D eigenvalue weighted by atomic mass is 35.5. The summed E-state index contributed by atoms with van der Waals surface area (Å²) in [6.45, 7) is 0.284. The number of nitrogens with one attached hydrogen (secondary N) is 2. The molecule has 0 spiro atoms. The number of carbonyl (C=O) groups excluding carboxylic acids is 2. The number of amides is 2. The summed E-state index contributed by atoms with van der Waals surface area (Å²) in [4.78, 5) is 23.6. The van der Waals surface area contributed by atoms with E-state index in [0.717, 1.165) is 5.56 Å². The van der Waals surface area contributed by atoms with Crippen LogP contribution in [0, 0.1) is 0 Å². The second-order valence-electron chi connectivity index (χ2n) is 5.92. The molecule has 0 fully saturated rings. The summed E-state index contributed by atoms with van der Waals surface area (Å²) >= 11 is 5.92. The van der Waals surface area contributed by atoms with E-state index in [1.165, 1.54) is 0 Å². The fourth-order valence-corrected chi connectivity index (χ4v) is 2.67. The van der Waals surface area contributed by atoms with Crippen LogP contribution in [-0.4, -0.2) is 17.0 Å². The number of anilines is 1. The van der Waals surface area contributed by atoms with Crippen molar-refractivity contribution in [3.05, 3.63) is 94.5 Å². The van der Waals surface area contributed by atoms with Crippen LogP contribution in [0.4, 0.5) is 5.69 Å². The zero-order chi connectivity index (χ0) is 19.9. The van der Waals surface area contributed by atoms with Gasteiger partial charge in [0.1, 0.15) is 12.4 Å². The van der Waals surface area contributed by atoms with E-state index in [1.807, 2.05) is 0 Å². The molecule has 0 radical (unpaired) electrons. The van der Waals surface area contributed by atoms with Gasteiger partial charge in [-0.2, -0.15) is 0 Å². The van der Waals surface area contributed by atoms with Crippen molar-refractivity contribution in [1.29, 1.82) is 0 Å². The molecule has 0 aliphatic carbocycles. The Balaban J connectivity index is 1.62. The normalized spacial score (nSPS) is 10.2. The predicted octanol–water partition coefficient (Wildman–Crippen LogP) is 4.29. The predicted molar refractivity (Wildman–Crippen MR) is 106 cm³/mol. The maximum absolute atomic E-state index is 12.3. The topological polar surface area (TPSA) is 87.7 Å². The highest BCUT2D eigenvalue weighted by Crippen LogP contribution is 2.20. The third kappa shape index (κ3) is 5.09. The Kier molecular flexibility index (Phi) is 6.26. The van der Waals surface area contributed by atoms with E-state index in [1.54, 1.807) is 78.3 Å². The van der Waals surface area contributed by atoms with Gasteiger partial charge in [0.25, 0.3) is 11.8 Å². The van der Waals surface area contributed by atoms with E-state index >= 15 is 0 Å². The number of ether oxygens (including phenoxy) is 1. The zero-order valence-electron chi connectivity index (χ0n) is 14.7. The lowest BCUT2D eigenvalue weighted by Crippen LogP contribution is -2.18. The molecule has 3 aromatic carbocycles. The molecule has 6 nitrogen and oxygen atoms in total. The Hall–Kier alpha value is -3.35. The number of hydrogen-bond acceptors (Lipinski definition) is 4. The van der Waals surface area contributed by atoms with Crippen LogP contribution in [0.2, 0.25) is 5.02 Å². The van der Waals surface area contributed by atoms with Crippen molar-refractivity contribution in [3.63, 3.8) is 0 Å². The van der Waals surface area contributed by atoms with E-state index in [4.69, 9.17) is 21.5 Å². The Morgan fingerprint density at radius 1 is 0.893 bits per heavy atom. The number of benzene rings is 3. The molecule has 0 heterocycles. The van der Waals surface area contributed by atoms with Crippen molar-refractivity contribution < 1.29 is 19.5 Å². The van der Waals surface area contributed by atoms with Crippen LogP contribution in [0.25, 0.3) is 0 Å². The van der Waals surface area contributed by atoms with Crippen molar-refractivity contribution in [2.24, 2.45) is 0 Å². The average Bonchev–Trinajstić information content (AvgIpc) is 2.72. The minimum Gasteiger partial charge on any atom is -0.489 e. The molecule has 28 heavy (non-hydrogen) atoms. The number of hydrogen-bond donors (Lipinski definition) is 3. The number of hydroxylamine groups is 1. The largest absolute Gasteiger partial charge is 0.489 e. The molecule has 0 unspecified atom stereocenters. The number of carbonyl (C=O) groups is 2. The van der Waals surface area contributed by atoms with Gasteiger partial charge < -0.3 is 10.1 Å². The van der Waals surface area contributed by atoms with Gasteiger partial charge in [0, 0.05) is 27.9 Å². The first-order valence-electron chi connectivity index (χ1n) is 8.38. The average molecular weight is 397 g/mol. The summed E-state index contributed by atoms with van der Waals surface area (Å²) in [6, 6.07) is 20.4. The van der Waals surface area contributed by atoms with Gasteiger partial charge in [0.05, 0.1) is 0 Å². The first kappa shape index (κ1) is 19.4. The molecule has 0 saturated heterocycles. The van der Waals surface area contributed by atoms with E-state index < -0.39 is 5.91 Å². The molecule has 7 heteroatoms. The lowest BCUT2D eigenvalue weighted by atomic mass is 10.1. The van der Waals surface area contributed by atoms with E-state index in [-0.39, 0.29) is 12.5 Å². The van der Waals surface area contributed by atoms with Crippen molar-refractivity contribution in [3.8, 4) is 5.75 Å². The van der Waals surface area contributed by atoms with Gasteiger partial charge in [-0.1, -0.05) is 35.9 Å². The summed E-state index contributed by atoms with van der Waals surface area (Å²) in [5.41, 5.74) is 3.84. The van der Waals surface area contributed by atoms with E-state index in [9.17, 15) is 9.59 Å². The zero-order valence-corrected chi connectivity index (χ0v) is 15.4. The van der Waals surface area contributed by atoms with Crippen LogP contribution in [0.3, 0.4) is 0 Å². The minimum absolute atomic E-state index is 0.266. The first-order chi connectivity index (χ1) is 13.5. The summed E-state index contributed by atoms with van der Waals surface area (Å²) in [5.74, 6) is -0.255. The third-order valence-corrected chi connectivity index (χ3v) is 4.14. The van der Waals surface area contributed by atoms with Crippen molar-refractivity contribution in [2.75, 3.05) is 5.32 Å². The van der Waals surface area contributed by atoms with Gasteiger partial charge in [-0.25, -0.2) is 5.48 Å². The fraction of sp³-hybridized carbons (Fsp3) is 0.0476. The smallest absolute Gasteiger partial charge is 0.274 e. The van der Waals surface area contributed by atoms with E-state index in [2.05, 4.69) is 5.32 Å². The van der Waals surface area contributed by atoms with Crippen molar-refractivity contribution >= 4 is 29.1 Å². The van der Waals surface area contributed by atoms with Crippen LogP contribution >= 0.6 is 11.6 Å². The molecule has 2 amide bonds. The molecule has 0 atom stereocenters. The molecule has 3 aromatic rings. The van der Waals surface area contributed by atoms with Crippen LogP contribution in [0.15, 0.2) is 72.8 Å². The number of halogens is 1. The van der Waals surface area contributed by atoms with Gasteiger partial charge in [-0.3, -0.25) is 14.8 Å². The lowest BCUT2D eigenvalue weighted by molar-refractivity contribution is 0.0706. The van der Waals surface area contributed by atoms with E-state index in [0.29, 0.717) is 27.6 Å². The summed E-state index contributed by atoms with van der Waals surface area (Å²) in [7, 11) is 0. The molecule has 0 aliphatic rings. The van der Waals surface area contributed by atoms with Crippen molar-refractivity contribution in [1.82, 2.24) is 5.48 Å². The molecular formula is C21H17ClN2O4. The highest BCUT2D eigenvalue weighted by molar-refractivity contribution is 6.31. The molecule has 0 aliphatic heterocycles. The Morgan fingerprint density at radius 2 is 1.64 bits per heavy atom. The molecule has 142 valence electrons. The Morgan fingerprint density at radius 3 is 2.36 bits per heavy atom. The molecule has 0 aromatic heterocycles. The Bertz CT molecular complexity index is 990. The van der Waals surface area contributed by atoms with Crippen LogP contribution < -0.4 is 15.5 Å². The number of rotatable bonds is 6. The summed E-state index contributed by atoms with van der Waals surface area (Å²) < 4.78 is 5.74. The standard InChI is InChI=1S/C21H17ClN2O4/c22-17-4-1-3-16(11-17)20(25)23-18-5-2-6-19(12-18)28-13-14-7-9-15(10-8-14)21(26)24-27/h1-12,27H,13H2,(H,23,25)(H,24,26). The summed E-state index contributed by atoms with van der Waals surface area (Å²) in [6.07, 6.45) is 0. The summed E-state index contributed by atoms with van der Waals surface area (Å²) in [5, 5.41) is 11.9. The quantitative estimate of drug-likeness (QED) is 0.428. The van der Waals surface area contributed by atoms with Gasteiger partial charge in [0.2, 0.25) is 0 Å². The lowest BCUT2D eigenvalue weighted by Gasteiger charge is -2.10. The molecule has 0 bridgehead atoms. The maximum Gasteiger partial charge on any atom is 0.274 e. The fourth-order valence-electron chi connectivity index (χ4n) is 2.48. The maximum atomic E-state index is 12.3. The molecule has 3 N–H and O–H groups in total. The van der Waals surface area contributed by atoms with Crippen LogP contribution in [-0.2, 0) is 6.61 Å². The monoisotopic (exact) mass is 396 g/mol. The van der Waals surface area contributed by atoms with Crippen molar-refractivity contribution in [2.45, 2.75) is 6.61 Å². The molecular weight excluding hydrogens is 380 g/mol. The first-order valence-corrected chi connectivity index (χ1v) is 8.76. The van der Waals surface area contributed by atoms with Gasteiger partial charge in [-0.05, 0) is 48.0 Å². The second kappa shape index (κ2) is 9.03. The Labute approximate surface area is 166 Å². The SMILES string of the molecule is O=C(NO)c1ccc(COc2cccc(NC(=O)c3cccc(Cl)c3)c2)cc1. The highest BCUT2D eigenvalue weighted by Gasteiger charge is 2.08. The van der Waals surface area contributed by atoms with Gasteiger partial charge in [0.15, 0.2) is 0 Å². The molecule has 3 rings (SSSR count). The molecule has 0 saturated carbocycles. The third-order valence-electron chi connectivity index (χ3n) is 3.90. The minimum atomic E-state index is -0.574. The van der Waals surface area contributed by atoms with Gasteiger partial charge in [-0.15, -0.1) is 0 Å².